The van der Waals surface area contributed by atoms with E-state index >= 15 is 0 Å². The van der Waals surface area contributed by atoms with E-state index in [4.69, 9.17) is 0 Å². The molecule has 3 heteroatoms. The number of hydrogen-bond donors (Lipinski definition) is 1. The minimum absolute atomic E-state index is 0.294. The van der Waals surface area contributed by atoms with Gasteiger partial charge in [-0.15, -0.1) is 0 Å². The summed E-state index contributed by atoms with van der Waals surface area (Å²) in [6.45, 7) is 2.16. The zero-order valence-electron chi connectivity index (χ0n) is 13.5. The van der Waals surface area contributed by atoms with Crippen molar-refractivity contribution in [2.24, 2.45) is 0 Å². The molecular formula is C18H30O3. The number of methoxy groups -OCH3 is 1. The van der Waals surface area contributed by atoms with Crippen LogP contribution in [0.5, 0.6) is 0 Å². The highest BCUT2D eigenvalue weighted by Crippen LogP contribution is 2.05. The average Bonchev–Trinajstić information content (AvgIpc) is 2.49. The van der Waals surface area contributed by atoms with E-state index in [1.165, 1.54) is 26.0 Å². The van der Waals surface area contributed by atoms with Crippen LogP contribution in [0.15, 0.2) is 36.5 Å². The molecule has 0 saturated heterocycles. The smallest absolute Gasteiger partial charge is 0.330 e. The van der Waals surface area contributed by atoms with Gasteiger partial charge in [0.2, 0.25) is 0 Å². The Morgan fingerprint density at radius 3 is 2.48 bits per heavy atom. The van der Waals surface area contributed by atoms with Crippen LogP contribution < -0.4 is 0 Å². The number of rotatable bonds is 12. The molecule has 0 heterocycles. The van der Waals surface area contributed by atoms with Crippen molar-refractivity contribution in [1.82, 2.24) is 0 Å². The van der Waals surface area contributed by atoms with E-state index in [0.717, 1.165) is 38.5 Å². The third kappa shape index (κ3) is 14.9. The van der Waals surface area contributed by atoms with Gasteiger partial charge in [0.15, 0.2) is 0 Å². The third-order valence-corrected chi connectivity index (χ3v) is 3.13. The normalized spacial score (nSPS) is 13.5. The molecule has 0 aliphatic heterocycles. The van der Waals surface area contributed by atoms with Crippen LogP contribution in [0.25, 0.3) is 0 Å². The minimum atomic E-state index is -0.315. The fraction of sp³-hybridized carbons (Fsp3) is 0.611. The highest BCUT2D eigenvalue weighted by atomic mass is 16.5. The number of unbranched alkanes of at least 4 members (excludes halogenated alkanes) is 5. The van der Waals surface area contributed by atoms with Crippen LogP contribution in [0.4, 0.5) is 0 Å². The van der Waals surface area contributed by atoms with Gasteiger partial charge in [-0.05, 0) is 32.1 Å². The van der Waals surface area contributed by atoms with Crippen molar-refractivity contribution in [2.45, 2.75) is 64.4 Å². The number of aliphatic hydroxyl groups excluding tert-OH is 1. The van der Waals surface area contributed by atoms with Gasteiger partial charge in [0.1, 0.15) is 0 Å². The van der Waals surface area contributed by atoms with E-state index in [2.05, 4.69) is 17.7 Å². The fourth-order valence-electron chi connectivity index (χ4n) is 1.84. The molecule has 0 rings (SSSR count). The molecule has 0 aliphatic carbocycles. The molecule has 0 aromatic heterocycles. The molecule has 0 aromatic carbocycles. The largest absolute Gasteiger partial charge is 0.466 e. The molecule has 0 bridgehead atoms. The van der Waals surface area contributed by atoms with Crippen molar-refractivity contribution in [2.75, 3.05) is 7.11 Å². The van der Waals surface area contributed by atoms with Crippen LogP contribution in [-0.4, -0.2) is 24.3 Å². The van der Waals surface area contributed by atoms with E-state index in [9.17, 15) is 9.90 Å². The van der Waals surface area contributed by atoms with Crippen LogP contribution >= 0.6 is 0 Å². The number of aliphatic hydroxyl groups is 1. The van der Waals surface area contributed by atoms with Gasteiger partial charge in [0.05, 0.1) is 13.2 Å². The summed E-state index contributed by atoms with van der Waals surface area (Å²) in [6.07, 6.45) is 19.3. The summed E-state index contributed by atoms with van der Waals surface area (Å²) in [4.78, 5) is 10.8. The summed E-state index contributed by atoms with van der Waals surface area (Å²) >= 11 is 0. The van der Waals surface area contributed by atoms with Crippen molar-refractivity contribution in [1.29, 1.82) is 0 Å². The monoisotopic (exact) mass is 294 g/mol. The molecule has 120 valence electrons. The topological polar surface area (TPSA) is 46.5 Å². The molecule has 0 fully saturated rings. The molecule has 0 amide bonds. The van der Waals surface area contributed by atoms with E-state index < -0.39 is 0 Å². The van der Waals surface area contributed by atoms with E-state index in [1.807, 2.05) is 24.3 Å². The zero-order valence-corrected chi connectivity index (χ0v) is 13.5. The second-order valence-electron chi connectivity index (χ2n) is 5.09. The number of ether oxygens (including phenoxy) is 1. The highest BCUT2D eigenvalue weighted by Gasteiger charge is 1.96. The van der Waals surface area contributed by atoms with Crippen molar-refractivity contribution in [3.05, 3.63) is 36.5 Å². The molecule has 1 unspecified atom stereocenters. The van der Waals surface area contributed by atoms with Gasteiger partial charge < -0.3 is 9.84 Å². The van der Waals surface area contributed by atoms with Gasteiger partial charge in [-0.1, -0.05) is 56.6 Å². The maximum Gasteiger partial charge on any atom is 0.330 e. The number of esters is 1. The Hall–Kier alpha value is -1.35. The second-order valence-corrected chi connectivity index (χ2v) is 5.09. The summed E-state index contributed by atoms with van der Waals surface area (Å²) in [5.74, 6) is -0.294. The quantitative estimate of drug-likeness (QED) is 0.252. The lowest BCUT2D eigenvalue weighted by Gasteiger charge is -2.03. The molecule has 1 atom stereocenters. The Morgan fingerprint density at radius 1 is 1.10 bits per heavy atom. The van der Waals surface area contributed by atoms with Crippen molar-refractivity contribution in [3.8, 4) is 0 Å². The lowest BCUT2D eigenvalue weighted by molar-refractivity contribution is -0.134. The molecule has 0 aliphatic rings. The molecule has 0 spiro atoms. The predicted molar refractivity (Wildman–Crippen MR) is 88.1 cm³/mol. The Labute approximate surface area is 129 Å². The molecule has 0 radical (unpaired) electrons. The molecule has 0 aromatic rings. The molecule has 3 nitrogen and oxygen atoms in total. The summed E-state index contributed by atoms with van der Waals surface area (Å²) in [6, 6.07) is 0. The van der Waals surface area contributed by atoms with Gasteiger partial charge in [-0.2, -0.15) is 0 Å². The van der Waals surface area contributed by atoms with Crippen molar-refractivity contribution >= 4 is 5.97 Å². The van der Waals surface area contributed by atoms with Crippen LogP contribution in [-0.2, 0) is 9.53 Å². The van der Waals surface area contributed by atoms with Crippen LogP contribution in [0.2, 0.25) is 0 Å². The second kappa shape index (κ2) is 15.0. The van der Waals surface area contributed by atoms with Gasteiger partial charge in [0.25, 0.3) is 0 Å². The van der Waals surface area contributed by atoms with Crippen LogP contribution in [0.3, 0.4) is 0 Å². The maximum atomic E-state index is 10.8. The Morgan fingerprint density at radius 2 is 1.81 bits per heavy atom. The summed E-state index contributed by atoms with van der Waals surface area (Å²) in [7, 11) is 1.38. The Kier molecular flexibility index (Phi) is 14.1. The first-order valence-corrected chi connectivity index (χ1v) is 7.96. The first-order valence-electron chi connectivity index (χ1n) is 7.96. The van der Waals surface area contributed by atoms with Crippen molar-refractivity contribution < 1.29 is 14.6 Å². The first kappa shape index (κ1) is 19.7. The van der Waals surface area contributed by atoms with Gasteiger partial charge in [-0.3, -0.25) is 0 Å². The summed E-state index contributed by atoms with van der Waals surface area (Å²) in [5.41, 5.74) is 0. The van der Waals surface area contributed by atoms with E-state index in [0.29, 0.717) is 0 Å². The number of carbonyl (C=O) groups is 1. The first-order chi connectivity index (χ1) is 10.2. The number of hydrogen-bond acceptors (Lipinski definition) is 3. The number of carbonyl (C=O) groups excluding carboxylic acids is 1. The Balaban J connectivity index is 3.51. The van der Waals surface area contributed by atoms with Crippen molar-refractivity contribution in [3.63, 3.8) is 0 Å². The van der Waals surface area contributed by atoms with Crippen LogP contribution in [0, 0.1) is 0 Å². The Bertz CT molecular complexity index is 329. The average molecular weight is 294 g/mol. The third-order valence-electron chi connectivity index (χ3n) is 3.13. The predicted octanol–water partition coefficient (Wildman–Crippen LogP) is 4.33. The van der Waals surface area contributed by atoms with Crippen LogP contribution in [0.1, 0.15) is 58.3 Å². The van der Waals surface area contributed by atoms with E-state index in [-0.39, 0.29) is 12.1 Å². The minimum Gasteiger partial charge on any atom is -0.466 e. The summed E-state index contributed by atoms with van der Waals surface area (Å²) in [5, 5.41) is 9.67. The van der Waals surface area contributed by atoms with E-state index in [1.54, 1.807) is 0 Å². The van der Waals surface area contributed by atoms with Gasteiger partial charge in [0, 0.05) is 6.08 Å². The molecule has 1 N–H and O–H groups in total. The molecule has 0 saturated carbocycles. The maximum absolute atomic E-state index is 10.8. The number of allylic oxidation sites excluding steroid dienone is 4. The summed E-state index contributed by atoms with van der Waals surface area (Å²) < 4.78 is 4.51. The lowest BCUT2D eigenvalue weighted by atomic mass is 10.1. The lowest BCUT2D eigenvalue weighted by Crippen LogP contribution is -2.00. The zero-order chi connectivity index (χ0) is 15.8. The molecule has 21 heavy (non-hydrogen) atoms. The van der Waals surface area contributed by atoms with Gasteiger partial charge in [-0.25, -0.2) is 4.79 Å². The highest BCUT2D eigenvalue weighted by molar-refractivity contribution is 5.81. The molecular weight excluding hydrogens is 264 g/mol. The van der Waals surface area contributed by atoms with Gasteiger partial charge >= 0.3 is 5.97 Å². The SMILES string of the molecule is CCCCCC(O)/C=C/C=C/CCCC/C=C/C(=O)OC. The standard InChI is InChI=1S/C18H30O3/c1-3-4-11-14-17(19)15-12-9-7-5-6-8-10-13-16-18(20)21-2/h7,9,12-13,15-17,19H,3-6,8,10-11,14H2,1-2H3/b9-7+,15-12+,16-13+. The fourth-order valence-corrected chi connectivity index (χ4v) is 1.84.